The van der Waals surface area contributed by atoms with E-state index in [0.29, 0.717) is 6.42 Å². The van der Waals surface area contributed by atoms with Gasteiger partial charge in [0.05, 0.1) is 11.4 Å². The number of nitrogens with one attached hydrogen (secondary N) is 2. The van der Waals surface area contributed by atoms with E-state index in [2.05, 4.69) is 15.6 Å². The predicted octanol–water partition coefficient (Wildman–Crippen LogP) is 2.48. The zero-order valence-electron chi connectivity index (χ0n) is 10.9. The van der Waals surface area contributed by atoms with Gasteiger partial charge in [-0.2, -0.15) is 0 Å². The fraction of sp³-hybridized carbons (Fsp3) is 0.500. The summed E-state index contributed by atoms with van der Waals surface area (Å²) in [7, 11) is 1.88. The Kier molecular flexibility index (Phi) is 11.0. The number of hydrogen-bond donors (Lipinski definition) is 2. The highest BCUT2D eigenvalue weighted by Gasteiger charge is 2.04. The minimum atomic E-state index is 0. The van der Waals surface area contributed by atoms with Crippen molar-refractivity contribution in [3.05, 3.63) is 23.5 Å². The molecule has 2 N–H and O–H groups in total. The average molecular weight is 294 g/mol. The van der Waals surface area contributed by atoms with Crippen molar-refractivity contribution in [3.8, 4) is 0 Å². The van der Waals surface area contributed by atoms with Gasteiger partial charge in [-0.15, -0.1) is 24.8 Å². The standard InChI is InChI=1S/C12H19N3O.2ClH/c1-9-6-7-11(10(2)14-9)15-12(16)5-4-8-13-3;;/h6-7,13H,4-5,8H2,1-3H3,(H,15,16);2*1H. The van der Waals surface area contributed by atoms with Gasteiger partial charge in [-0.05, 0) is 46.0 Å². The van der Waals surface area contributed by atoms with Crippen LogP contribution in [0.4, 0.5) is 5.69 Å². The van der Waals surface area contributed by atoms with Gasteiger partial charge in [0.2, 0.25) is 5.91 Å². The number of anilines is 1. The van der Waals surface area contributed by atoms with E-state index >= 15 is 0 Å². The van der Waals surface area contributed by atoms with Crippen LogP contribution in [0.2, 0.25) is 0 Å². The summed E-state index contributed by atoms with van der Waals surface area (Å²) in [5, 5.41) is 5.88. The summed E-state index contributed by atoms with van der Waals surface area (Å²) in [6.45, 7) is 4.69. The van der Waals surface area contributed by atoms with Gasteiger partial charge >= 0.3 is 0 Å². The summed E-state index contributed by atoms with van der Waals surface area (Å²) in [5.41, 5.74) is 2.63. The Balaban J connectivity index is 0. The topological polar surface area (TPSA) is 54.0 Å². The minimum Gasteiger partial charge on any atom is -0.325 e. The first-order valence-corrected chi connectivity index (χ1v) is 5.52. The van der Waals surface area contributed by atoms with Crippen molar-refractivity contribution in [1.29, 1.82) is 0 Å². The first kappa shape index (κ1) is 19.5. The van der Waals surface area contributed by atoms with Gasteiger partial charge in [-0.1, -0.05) is 0 Å². The lowest BCUT2D eigenvalue weighted by Crippen LogP contribution is -2.16. The van der Waals surface area contributed by atoms with E-state index < -0.39 is 0 Å². The summed E-state index contributed by atoms with van der Waals surface area (Å²) >= 11 is 0. The molecule has 0 atom stereocenters. The number of carbonyl (C=O) groups excluding carboxylic acids is 1. The Labute approximate surface area is 121 Å². The molecule has 18 heavy (non-hydrogen) atoms. The third-order valence-corrected chi connectivity index (χ3v) is 2.33. The molecule has 1 heterocycles. The molecule has 0 bridgehead atoms. The number of aryl methyl sites for hydroxylation is 2. The maximum absolute atomic E-state index is 11.6. The van der Waals surface area contributed by atoms with Crippen LogP contribution in [0.3, 0.4) is 0 Å². The molecule has 0 aliphatic carbocycles. The third-order valence-electron chi connectivity index (χ3n) is 2.33. The number of rotatable bonds is 5. The van der Waals surface area contributed by atoms with Crippen molar-refractivity contribution < 1.29 is 4.79 Å². The van der Waals surface area contributed by atoms with Crippen LogP contribution in [0.1, 0.15) is 24.2 Å². The lowest BCUT2D eigenvalue weighted by Gasteiger charge is -2.08. The molecule has 0 fully saturated rings. The van der Waals surface area contributed by atoms with E-state index in [0.717, 1.165) is 30.0 Å². The van der Waals surface area contributed by atoms with E-state index in [1.54, 1.807) is 0 Å². The van der Waals surface area contributed by atoms with Crippen LogP contribution in [0.5, 0.6) is 0 Å². The van der Waals surface area contributed by atoms with Gasteiger partial charge in [-0.25, -0.2) is 0 Å². The second kappa shape index (κ2) is 10.1. The highest BCUT2D eigenvalue weighted by atomic mass is 35.5. The van der Waals surface area contributed by atoms with E-state index in [4.69, 9.17) is 0 Å². The lowest BCUT2D eigenvalue weighted by molar-refractivity contribution is -0.116. The molecule has 6 heteroatoms. The molecule has 4 nitrogen and oxygen atoms in total. The molecule has 0 aliphatic rings. The molecule has 0 aliphatic heterocycles. The van der Waals surface area contributed by atoms with Crippen LogP contribution in [-0.4, -0.2) is 24.5 Å². The highest BCUT2D eigenvalue weighted by Crippen LogP contribution is 2.12. The Morgan fingerprint density at radius 3 is 2.50 bits per heavy atom. The lowest BCUT2D eigenvalue weighted by atomic mass is 10.2. The minimum absolute atomic E-state index is 0. The van der Waals surface area contributed by atoms with Gasteiger partial charge in [0, 0.05) is 12.1 Å². The predicted molar refractivity (Wildman–Crippen MR) is 80.0 cm³/mol. The fourth-order valence-electron chi connectivity index (χ4n) is 1.46. The summed E-state index contributed by atoms with van der Waals surface area (Å²) in [4.78, 5) is 15.9. The van der Waals surface area contributed by atoms with E-state index in [-0.39, 0.29) is 30.7 Å². The van der Waals surface area contributed by atoms with Crippen molar-refractivity contribution in [1.82, 2.24) is 10.3 Å². The molecule has 0 aromatic carbocycles. The number of pyridine rings is 1. The van der Waals surface area contributed by atoms with Crippen molar-refractivity contribution in [2.45, 2.75) is 26.7 Å². The number of halogens is 2. The quantitative estimate of drug-likeness (QED) is 0.820. The SMILES string of the molecule is CNCCCC(=O)Nc1ccc(C)nc1C.Cl.Cl. The Morgan fingerprint density at radius 1 is 1.28 bits per heavy atom. The molecular formula is C12H21Cl2N3O. The molecule has 0 saturated carbocycles. The van der Waals surface area contributed by atoms with Crippen molar-refractivity contribution in [2.75, 3.05) is 18.9 Å². The second-order valence-electron chi connectivity index (χ2n) is 3.84. The van der Waals surface area contributed by atoms with Crippen LogP contribution < -0.4 is 10.6 Å². The van der Waals surface area contributed by atoms with E-state index in [1.807, 2.05) is 33.0 Å². The van der Waals surface area contributed by atoms with Crippen molar-refractivity contribution in [2.24, 2.45) is 0 Å². The number of hydrogen-bond acceptors (Lipinski definition) is 3. The number of amides is 1. The van der Waals surface area contributed by atoms with Gasteiger partial charge in [0.25, 0.3) is 0 Å². The van der Waals surface area contributed by atoms with Gasteiger partial charge in [-0.3, -0.25) is 9.78 Å². The molecular weight excluding hydrogens is 273 g/mol. The largest absolute Gasteiger partial charge is 0.325 e. The molecule has 0 unspecified atom stereocenters. The normalized spacial score (nSPS) is 9.06. The molecule has 1 amide bonds. The van der Waals surface area contributed by atoms with Crippen LogP contribution >= 0.6 is 24.8 Å². The molecule has 104 valence electrons. The number of nitrogens with zero attached hydrogens (tertiary/aromatic N) is 1. The summed E-state index contributed by atoms with van der Waals surface area (Å²) in [6, 6.07) is 3.80. The Morgan fingerprint density at radius 2 is 1.94 bits per heavy atom. The van der Waals surface area contributed by atoms with Crippen molar-refractivity contribution in [3.63, 3.8) is 0 Å². The molecule has 0 radical (unpaired) electrons. The van der Waals surface area contributed by atoms with Crippen LogP contribution in [0.25, 0.3) is 0 Å². The summed E-state index contributed by atoms with van der Waals surface area (Å²) in [5.74, 6) is 0.0454. The van der Waals surface area contributed by atoms with E-state index in [1.165, 1.54) is 0 Å². The summed E-state index contributed by atoms with van der Waals surface area (Å²) < 4.78 is 0. The second-order valence-corrected chi connectivity index (χ2v) is 3.84. The molecule has 1 aromatic rings. The van der Waals surface area contributed by atoms with E-state index in [9.17, 15) is 4.79 Å². The highest BCUT2D eigenvalue weighted by molar-refractivity contribution is 5.91. The molecule has 1 rings (SSSR count). The molecule has 1 aromatic heterocycles. The number of aromatic nitrogens is 1. The smallest absolute Gasteiger partial charge is 0.224 e. The zero-order valence-corrected chi connectivity index (χ0v) is 12.6. The maximum atomic E-state index is 11.6. The Bertz CT molecular complexity index is 372. The maximum Gasteiger partial charge on any atom is 0.224 e. The first-order valence-electron chi connectivity index (χ1n) is 5.52. The third kappa shape index (κ3) is 6.79. The average Bonchev–Trinajstić information content (AvgIpc) is 2.23. The zero-order chi connectivity index (χ0) is 12.0. The molecule has 0 saturated heterocycles. The Hall–Kier alpha value is -0.840. The monoisotopic (exact) mass is 293 g/mol. The first-order chi connectivity index (χ1) is 7.63. The van der Waals surface area contributed by atoms with Gasteiger partial charge in [0.1, 0.15) is 0 Å². The van der Waals surface area contributed by atoms with Crippen LogP contribution in [0.15, 0.2) is 12.1 Å². The summed E-state index contributed by atoms with van der Waals surface area (Å²) in [6.07, 6.45) is 1.38. The van der Waals surface area contributed by atoms with Crippen LogP contribution in [0, 0.1) is 13.8 Å². The van der Waals surface area contributed by atoms with Crippen molar-refractivity contribution >= 4 is 36.4 Å². The van der Waals surface area contributed by atoms with Crippen LogP contribution in [-0.2, 0) is 4.79 Å². The fourth-order valence-corrected chi connectivity index (χ4v) is 1.46. The number of carbonyl (C=O) groups is 1. The molecule has 0 spiro atoms. The van der Waals surface area contributed by atoms with Gasteiger partial charge < -0.3 is 10.6 Å². The van der Waals surface area contributed by atoms with Gasteiger partial charge in [0.15, 0.2) is 0 Å².